The maximum atomic E-state index is 14.5. The van der Waals surface area contributed by atoms with Crippen molar-refractivity contribution in [2.45, 2.75) is 6.18 Å². The van der Waals surface area contributed by atoms with E-state index in [-0.39, 0.29) is 5.56 Å². The van der Waals surface area contributed by atoms with Crippen molar-refractivity contribution in [1.29, 1.82) is 0 Å². The number of benzene rings is 3. The Balaban J connectivity index is 1.87. The number of carbonyl (C=O) groups is 2. The van der Waals surface area contributed by atoms with Crippen LogP contribution in [0, 0.1) is 11.6 Å². The van der Waals surface area contributed by atoms with Crippen LogP contribution < -0.4 is 5.73 Å². The maximum absolute atomic E-state index is 14.5. The molecule has 4 aromatic rings. The third-order valence-corrected chi connectivity index (χ3v) is 4.92. The van der Waals surface area contributed by atoms with Crippen LogP contribution in [-0.2, 0) is 6.18 Å². The van der Waals surface area contributed by atoms with E-state index in [0.29, 0.717) is 23.2 Å². The predicted molar refractivity (Wildman–Crippen MR) is 108 cm³/mol. The van der Waals surface area contributed by atoms with Crippen LogP contribution in [0.25, 0.3) is 22.2 Å². The van der Waals surface area contributed by atoms with E-state index in [1.54, 1.807) is 0 Å². The first-order chi connectivity index (χ1) is 15.6. The van der Waals surface area contributed by atoms with Gasteiger partial charge in [-0.15, -0.1) is 0 Å². The summed E-state index contributed by atoms with van der Waals surface area (Å²) in [6, 6.07) is 7.93. The molecule has 0 saturated heterocycles. The Kier molecular flexibility index (Phi) is 5.36. The van der Waals surface area contributed by atoms with Gasteiger partial charge in [-0.25, -0.2) is 8.78 Å². The van der Waals surface area contributed by atoms with Crippen LogP contribution in [0.1, 0.15) is 31.8 Å². The van der Waals surface area contributed by atoms with E-state index >= 15 is 0 Å². The van der Waals surface area contributed by atoms with Gasteiger partial charge in [-0.05, 0) is 53.6 Å². The number of amides is 1. The van der Waals surface area contributed by atoms with Gasteiger partial charge in [-0.3, -0.25) is 19.6 Å². The van der Waals surface area contributed by atoms with Gasteiger partial charge < -0.3 is 5.73 Å². The van der Waals surface area contributed by atoms with E-state index in [2.05, 4.69) is 9.97 Å². The highest BCUT2D eigenvalue weighted by atomic mass is 19.4. The van der Waals surface area contributed by atoms with Gasteiger partial charge in [-0.1, -0.05) is 6.07 Å². The van der Waals surface area contributed by atoms with Gasteiger partial charge in [0.05, 0.1) is 22.2 Å². The van der Waals surface area contributed by atoms with Crippen LogP contribution in [0.3, 0.4) is 0 Å². The summed E-state index contributed by atoms with van der Waals surface area (Å²) in [6.07, 6.45) is -2.12. The third-order valence-electron chi connectivity index (χ3n) is 4.92. The molecule has 0 aliphatic rings. The second kappa shape index (κ2) is 8.05. The molecule has 1 amide bonds. The van der Waals surface area contributed by atoms with Gasteiger partial charge in [0.1, 0.15) is 0 Å². The molecule has 4 rings (SSSR count). The molecule has 1 aromatic heterocycles. The summed E-state index contributed by atoms with van der Waals surface area (Å²) in [5.74, 6) is -5.07. The standard InChI is InChI=1S/C23H12F5N3O2/c24-17-9-13(14-3-1-12(22(29)33)8-16(14)23(26,27)28)7-15(20(17)25)21(32)11-2-4-18-19(10-11)31-6-5-30-18/h1-10H,(H2,29,33). The van der Waals surface area contributed by atoms with Gasteiger partial charge in [-0.2, -0.15) is 13.2 Å². The SMILES string of the molecule is NC(=O)c1ccc(-c2cc(F)c(F)c(C(=O)c3ccc4nccnc4c3)c2)c(C(F)(F)F)c1. The highest BCUT2D eigenvalue weighted by Crippen LogP contribution is 2.38. The minimum absolute atomic E-state index is 0.0569. The topological polar surface area (TPSA) is 85.9 Å². The molecule has 0 fully saturated rings. The lowest BCUT2D eigenvalue weighted by Gasteiger charge is -2.15. The fourth-order valence-electron chi connectivity index (χ4n) is 3.35. The monoisotopic (exact) mass is 457 g/mol. The number of rotatable bonds is 4. The summed E-state index contributed by atoms with van der Waals surface area (Å²) in [7, 11) is 0. The van der Waals surface area contributed by atoms with Crippen molar-refractivity contribution in [3.8, 4) is 11.1 Å². The average molecular weight is 457 g/mol. The molecule has 0 saturated carbocycles. The first-order valence-corrected chi connectivity index (χ1v) is 9.32. The molecule has 0 bridgehead atoms. The summed E-state index contributed by atoms with van der Waals surface area (Å²) in [6.45, 7) is 0. The molecule has 0 spiro atoms. The Bertz CT molecular complexity index is 1430. The lowest BCUT2D eigenvalue weighted by Crippen LogP contribution is -2.15. The molecule has 5 nitrogen and oxygen atoms in total. The molecule has 0 radical (unpaired) electrons. The highest BCUT2D eigenvalue weighted by molar-refractivity contribution is 6.11. The van der Waals surface area contributed by atoms with Crippen LogP contribution in [0.4, 0.5) is 22.0 Å². The Morgan fingerprint density at radius 2 is 1.48 bits per heavy atom. The molecule has 33 heavy (non-hydrogen) atoms. The smallest absolute Gasteiger partial charge is 0.366 e. The van der Waals surface area contributed by atoms with E-state index in [1.807, 2.05) is 0 Å². The van der Waals surface area contributed by atoms with Crippen LogP contribution in [0.5, 0.6) is 0 Å². The number of nitrogens with zero attached hydrogens (tertiary/aromatic N) is 2. The maximum Gasteiger partial charge on any atom is 0.417 e. The van der Waals surface area contributed by atoms with Crippen molar-refractivity contribution in [3.63, 3.8) is 0 Å². The normalized spacial score (nSPS) is 11.5. The summed E-state index contributed by atoms with van der Waals surface area (Å²) >= 11 is 0. The largest absolute Gasteiger partial charge is 0.417 e. The Labute approximate surface area is 182 Å². The molecule has 2 N–H and O–H groups in total. The zero-order valence-corrected chi connectivity index (χ0v) is 16.5. The predicted octanol–water partition coefficient (Wildman–Crippen LogP) is 4.92. The molecular weight excluding hydrogens is 445 g/mol. The molecular formula is C23H12F5N3O2. The van der Waals surface area contributed by atoms with Crippen molar-refractivity contribution < 1.29 is 31.5 Å². The van der Waals surface area contributed by atoms with Gasteiger partial charge in [0.25, 0.3) is 0 Å². The Morgan fingerprint density at radius 1 is 0.818 bits per heavy atom. The molecule has 3 aromatic carbocycles. The highest BCUT2D eigenvalue weighted by Gasteiger charge is 2.35. The van der Waals surface area contributed by atoms with Gasteiger partial charge >= 0.3 is 6.18 Å². The minimum atomic E-state index is -4.94. The number of hydrogen-bond acceptors (Lipinski definition) is 4. The van der Waals surface area contributed by atoms with Gasteiger partial charge in [0.2, 0.25) is 5.91 Å². The molecule has 166 valence electrons. The fraction of sp³-hybridized carbons (Fsp3) is 0.0435. The molecule has 0 atom stereocenters. The number of fused-ring (bicyclic) bond motifs is 1. The second-order valence-electron chi connectivity index (χ2n) is 7.03. The zero-order valence-electron chi connectivity index (χ0n) is 16.5. The number of carbonyl (C=O) groups excluding carboxylic acids is 2. The number of primary amides is 1. The summed E-state index contributed by atoms with van der Waals surface area (Å²) < 4.78 is 69.8. The van der Waals surface area contributed by atoms with Crippen LogP contribution in [0.15, 0.2) is 60.9 Å². The van der Waals surface area contributed by atoms with E-state index in [9.17, 15) is 31.5 Å². The summed E-state index contributed by atoms with van der Waals surface area (Å²) in [5, 5.41) is 0. The summed E-state index contributed by atoms with van der Waals surface area (Å²) in [5.41, 5.74) is 2.36. The number of halogens is 5. The van der Waals surface area contributed by atoms with Crippen molar-refractivity contribution in [2.24, 2.45) is 5.73 Å². The zero-order chi connectivity index (χ0) is 23.9. The van der Waals surface area contributed by atoms with Crippen LogP contribution >= 0.6 is 0 Å². The Morgan fingerprint density at radius 3 is 2.15 bits per heavy atom. The third kappa shape index (κ3) is 4.14. The lowest BCUT2D eigenvalue weighted by atomic mass is 9.93. The number of ketones is 1. The summed E-state index contributed by atoms with van der Waals surface area (Å²) in [4.78, 5) is 32.3. The van der Waals surface area contributed by atoms with Gasteiger partial charge in [0, 0.05) is 23.5 Å². The minimum Gasteiger partial charge on any atom is -0.366 e. The fourth-order valence-corrected chi connectivity index (χ4v) is 3.35. The number of nitrogens with two attached hydrogens (primary N) is 1. The first kappa shape index (κ1) is 22.0. The van der Waals surface area contributed by atoms with Gasteiger partial charge in [0.15, 0.2) is 17.4 Å². The van der Waals surface area contributed by atoms with E-state index in [4.69, 9.17) is 5.73 Å². The number of aromatic nitrogens is 2. The Hall–Kier alpha value is -4.21. The first-order valence-electron chi connectivity index (χ1n) is 9.32. The van der Waals surface area contributed by atoms with Crippen molar-refractivity contribution in [3.05, 3.63) is 94.8 Å². The molecule has 0 aliphatic heterocycles. The van der Waals surface area contributed by atoms with Crippen LogP contribution in [0.2, 0.25) is 0 Å². The average Bonchev–Trinajstić information content (AvgIpc) is 2.79. The molecule has 0 unspecified atom stereocenters. The quantitative estimate of drug-likeness (QED) is 0.348. The van der Waals surface area contributed by atoms with E-state index in [0.717, 1.165) is 18.2 Å². The molecule has 0 aliphatic carbocycles. The number of alkyl halides is 3. The number of hydrogen-bond donors (Lipinski definition) is 1. The van der Waals surface area contributed by atoms with E-state index in [1.165, 1.54) is 30.6 Å². The van der Waals surface area contributed by atoms with Crippen molar-refractivity contribution >= 4 is 22.7 Å². The molecule has 1 heterocycles. The van der Waals surface area contributed by atoms with Crippen molar-refractivity contribution in [1.82, 2.24) is 9.97 Å². The van der Waals surface area contributed by atoms with Crippen molar-refractivity contribution in [2.75, 3.05) is 0 Å². The lowest BCUT2D eigenvalue weighted by molar-refractivity contribution is -0.137. The molecule has 10 heteroatoms. The second-order valence-corrected chi connectivity index (χ2v) is 7.03. The van der Waals surface area contributed by atoms with E-state index < -0.39 is 57.3 Å². The van der Waals surface area contributed by atoms with Crippen LogP contribution in [-0.4, -0.2) is 21.7 Å².